The Hall–Kier alpha value is -2.06. The SMILES string of the molecule is Cc1cc(NC(=O)Cn2nnc(-c3ccsc3)n2)ccc1Br. The van der Waals surface area contributed by atoms with Crippen LogP contribution in [0, 0.1) is 6.92 Å². The van der Waals surface area contributed by atoms with E-state index in [2.05, 4.69) is 36.7 Å². The molecule has 3 rings (SSSR count). The van der Waals surface area contributed by atoms with Gasteiger partial charge in [-0.2, -0.15) is 16.1 Å². The van der Waals surface area contributed by atoms with Crippen molar-refractivity contribution in [2.24, 2.45) is 0 Å². The van der Waals surface area contributed by atoms with Crippen LogP contribution in [0.15, 0.2) is 39.5 Å². The first-order valence-electron chi connectivity index (χ1n) is 6.48. The predicted octanol–water partition coefficient (Wildman–Crippen LogP) is 3.11. The van der Waals surface area contributed by atoms with E-state index in [1.807, 2.05) is 41.9 Å². The number of tetrazole rings is 1. The minimum atomic E-state index is -0.198. The van der Waals surface area contributed by atoms with Crippen LogP contribution in [0.3, 0.4) is 0 Å². The van der Waals surface area contributed by atoms with Crippen molar-refractivity contribution in [3.63, 3.8) is 0 Å². The number of thiophene rings is 1. The molecule has 8 heteroatoms. The van der Waals surface area contributed by atoms with E-state index in [1.54, 1.807) is 11.3 Å². The monoisotopic (exact) mass is 377 g/mol. The fraction of sp³-hybridized carbons (Fsp3) is 0.143. The molecule has 1 aromatic carbocycles. The van der Waals surface area contributed by atoms with E-state index in [9.17, 15) is 4.79 Å². The Bertz CT molecular complexity index is 799. The molecule has 2 heterocycles. The second-order valence-corrected chi connectivity index (χ2v) is 6.30. The Labute approximate surface area is 139 Å². The molecule has 0 atom stereocenters. The lowest BCUT2D eigenvalue weighted by atomic mass is 10.2. The molecule has 6 nitrogen and oxygen atoms in total. The van der Waals surface area contributed by atoms with Crippen molar-refractivity contribution >= 4 is 38.9 Å². The summed E-state index contributed by atoms with van der Waals surface area (Å²) in [6.07, 6.45) is 0. The van der Waals surface area contributed by atoms with Crippen molar-refractivity contribution < 1.29 is 4.79 Å². The third-order valence-electron chi connectivity index (χ3n) is 2.96. The number of carbonyl (C=O) groups is 1. The lowest BCUT2D eigenvalue weighted by Crippen LogP contribution is -2.20. The molecule has 0 spiro atoms. The first-order chi connectivity index (χ1) is 10.6. The fourth-order valence-corrected chi connectivity index (χ4v) is 2.75. The quantitative estimate of drug-likeness (QED) is 0.757. The fourth-order valence-electron chi connectivity index (χ4n) is 1.87. The molecule has 0 bridgehead atoms. The Morgan fingerprint density at radius 1 is 1.41 bits per heavy atom. The van der Waals surface area contributed by atoms with E-state index in [4.69, 9.17) is 0 Å². The Morgan fingerprint density at radius 3 is 3.00 bits per heavy atom. The number of anilines is 1. The number of nitrogens with one attached hydrogen (secondary N) is 1. The predicted molar refractivity (Wildman–Crippen MR) is 88.6 cm³/mol. The Balaban J connectivity index is 1.65. The van der Waals surface area contributed by atoms with E-state index >= 15 is 0 Å². The number of benzene rings is 1. The normalized spacial score (nSPS) is 10.6. The van der Waals surface area contributed by atoms with E-state index in [0.717, 1.165) is 21.3 Å². The topological polar surface area (TPSA) is 72.7 Å². The van der Waals surface area contributed by atoms with Crippen LogP contribution in [0.4, 0.5) is 5.69 Å². The average Bonchev–Trinajstić information content (AvgIpc) is 3.13. The van der Waals surface area contributed by atoms with Crippen molar-refractivity contribution in [2.45, 2.75) is 13.5 Å². The van der Waals surface area contributed by atoms with Gasteiger partial charge in [0.15, 0.2) is 0 Å². The number of nitrogens with zero attached hydrogens (tertiary/aromatic N) is 4. The molecular weight excluding hydrogens is 366 g/mol. The second kappa shape index (κ2) is 6.37. The molecule has 1 N–H and O–H groups in total. The molecule has 1 amide bonds. The maximum absolute atomic E-state index is 12.0. The molecule has 0 aliphatic rings. The van der Waals surface area contributed by atoms with Gasteiger partial charge in [0, 0.05) is 21.1 Å². The highest BCUT2D eigenvalue weighted by Crippen LogP contribution is 2.20. The average molecular weight is 378 g/mol. The van der Waals surface area contributed by atoms with E-state index in [1.165, 1.54) is 4.80 Å². The molecule has 0 unspecified atom stereocenters. The van der Waals surface area contributed by atoms with Gasteiger partial charge in [-0.05, 0) is 47.3 Å². The smallest absolute Gasteiger partial charge is 0.248 e. The third kappa shape index (κ3) is 3.40. The summed E-state index contributed by atoms with van der Waals surface area (Å²) >= 11 is 4.99. The zero-order valence-corrected chi connectivity index (χ0v) is 14.1. The van der Waals surface area contributed by atoms with Crippen LogP contribution in [-0.4, -0.2) is 26.1 Å². The number of aromatic nitrogens is 4. The minimum absolute atomic E-state index is 0.0201. The van der Waals surface area contributed by atoms with Gasteiger partial charge in [-0.15, -0.1) is 10.2 Å². The first-order valence-corrected chi connectivity index (χ1v) is 8.22. The molecule has 0 saturated heterocycles. The van der Waals surface area contributed by atoms with Crippen molar-refractivity contribution in [2.75, 3.05) is 5.32 Å². The van der Waals surface area contributed by atoms with Crippen molar-refractivity contribution in [1.29, 1.82) is 0 Å². The zero-order chi connectivity index (χ0) is 15.5. The summed E-state index contributed by atoms with van der Waals surface area (Å²) in [5.74, 6) is 0.324. The molecule has 0 aliphatic carbocycles. The Kier molecular flexibility index (Phi) is 4.30. The molecular formula is C14H12BrN5OS. The van der Waals surface area contributed by atoms with Gasteiger partial charge in [-0.25, -0.2) is 0 Å². The minimum Gasteiger partial charge on any atom is -0.324 e. The summed E-state index contributed by atoms with van der Waals surface area (Å²) in [5.41, 5.74) is 2.69. The highest BCUT2D eigenvalue weighted by molar-refractivity contribution is 9.10. The highest BCUT2D eigenvalue weighted by atomic mass is 79.9. The van der Waals surface area contributed by atoms with Crippen LogP contribution >= 0.6 is 27.3 Å². The lowest BCUT2D eigenvalue weighted by molar-refractivity contribution is -0.117. The van der Waals surface area contributed by atoms with Gasteiger partial charge >= 0.3 is 0 Å². The summed E-state index contributed by atoms with van der Waals surface area (Å²) in [7, 11) is 0. The summed E-state index contributed by atoms with van der Waals surface area (Å²) in [6, 6.07) is 7.54. The highest BCUT2D eigenvalue weighted by Gasteiger charge is 2.10. The van der Waals surface area contributed by atoms with Gasteiger partial charge in [-0.3, -0.25) is 4.79 Å². The van der Waals surface area contributed by atoms with E-state index in [0.29, 0.717) is 5.82 Å². The molecule has 0 radical (unpaired) electrons. The largest absolute Gasteiger partial charge is 0.324 e. The van der Waals surface area contributed by atoms with E-state index in [-0.39, 0.29) is 12.5 Å². The van der Waals surface area contributed by atoms with Gasteiger partial charge in [0.2, 0.25) is 11.7 Å². The Morgan fingerprint density at radius 2 is 2.27 bits per heavy atom. The number of hydrogen-bond acceptors (Lipinski definition) is 5. The summed E-state index contributed by atoms with van der Waals surface area (Å²) < 4.78 is 1.00. The van der Waals surface area contributed by atoms with Gasteiger partial charge in [0.25, 0.3) is 0 Å². The number of amides is 1. The van der Waals surface area contributed by atoms with Crippen molar-refractivity contribution in [1.82, 2.24) is 20.2 Å². The number of hydrogen-bond donors (Lipinski definition) is 1. The van der Waals surface area contributed by atoms with Crippen LogP contribution < -0.4 is 5.32 Å². The summed E-state index contributed by atoms with van der Waals surface area (Å²) in [6.45, 7) is 1.98. The molecule has 112 valence electrons. The van der Waals surface area contributed by atoms with Crippen LogP contribution in [-0.2, 0) is 11.3 Å². The summed E-state index contributed by atoms with van der Waals surface area (Å²) in [4.78, 5) is 13.3. The number of halogens is 1. The first kappa shape index (κ1) is 14.9. The zero-order valence-electron chi connectivity index (χ0n) is 11.7. The van der Waals surface area contributed by atoms with Crippen molar-refractivity contribution in [3.05, 3.63) is 45.1 Å². The van der Waals surface area contributed by atoms with E-state index < -0.39 is 0 Å². The molecule has 0 fully saturated rings. The maximum Gasteiger partial charge on any atom is 0.248 e. The molecule has 2 aromatic heterocycles. The molecule has 22 heavy (non-hydrogen) atoms. The van der Waals surface area contributed by atoms with Crippen LogP contribution in [0.25, 0.3) is 11.4 Å². The standard InChI is InChI=1S/C14H12BrN5OS/c1-9-6-11(2-3-12(9)15)16-13(21)7-20-18-14(17-19-20)10-4-5-22-8-10/h2-6,8H,7H2,1H3,(H,16,21). The van der Waals surface area contributed by atoms with Crippen molar-refractivity contribution in [3.8, 4) is 11.4 Å². The number of carbonyl (C=O) groups excluding carboxylic acids is 1. The van der Waals surface area contributed by atoms with Crippen LogP contribution in [0.5, 0.6) is 0 Å². The second-order valence-electron chi connectivity index (χ2n) is 4.67. The number of rotatable bonds is 4. The van der Waals surface area contributed by atoms with Gasteiger partial charge in [0.05, 0.1) is 0 Å². The van der Waals surface area contributed by atoms with Gasteiger partial charge < -0.3 is 5.32 Å². The number of aryl methyl sites for hydroxylation is 1. The van der Waals surface area contributed by atoms with Gasteiger partial charge in [-0.1, -0.05) is 15.9 Å². The molecule has 3 aromatic rings. The maximum atomic E-state index is 12.0. The van der Waals surface area contributed by atoms with Crippen LogP contribution in [0.2, 0.25) is 0 Å². The third-order valence-corrected chi connectivity index (χ3v) is 4.53. The molecule has 0 saturated carbocycles. The lowest BCUT2D eigenvalue weighted by Gasteiger charge is -2.06. The summed E-state index contributed by atoms with van der Waals surface area (Å²) in [5, 5.41) is 18.7. The van der Waals surface area contributed by atoms with Crippen LogP contribution in [0.1, 0.15) is 5.56 Å². The van der Waals surface area contributed by atoms with Gasteiger partial charge in [0.1, 0.15) is 6.54 Å². The molecule has 0 aliphatic heterocycles.